The van der Waals surface area contributed by atoms with Crippen LogP contribution < -0.4 is 20.1 Å². The van der Waals surface area contributed by atoms with Crippen LogP contribution in [0.1, 0.15) is 44.2 Å². The Balaban J connectivity index is 1.50. The summed E-state index contributed by atoms with van der Waals surface area (Å²) in [7, 11) is 3.39. The molecule has 1 aromatic rings. The summed E-state index contributed by atoms with van der Waals surface area (Å²) in [6.45, 7) is 12.6. The fraction of sp³-hybridized carbons (Fsp3) is 0.708. The molecule has 31 heavy (non-hydrogen) atoms. The zero-order valence-electron chi connectivity index (χ0n) is 19.9. The summed E-state index contributed by atoms with van der Waals surface area (Å²) >= 11 is 0. The molecule has 2 heterocycles. The molecule has 0 amide bonds. The second kappa shape index (κ2) is 12.2. The van der Waals surface area contributed by atoms with Gasteiger partial charge in [0.05, 0.1) is 20.8 Å². The lowest BCUT2D eigenvalue weighted by atomic mass is 9.99. The third-order valence-corrected chi connectivity index (χ3v) is 6.30. The molecular formula is C24H41N5O2. The summed E-state index contributed by atoms with van der Waals surface area (Å²) in [6, 6.07) is 4.78. The first kappa shape index (κ1) is 23.7. The fourth-order valence-electron chi connectivity index (χ4n) is 4.57. The molecule has 1 fully saturated rings. The lowest BCUT2D eigenvalue weighted by molar-refractivity contribution is 0.206. The van der Waals surface area contributed by atoms with Gasteiger partial charge in [0.1, 0.15) is 0 Å². The van der Waals surface area contributed by atoms with Crippen molar-refractivity contribution in [1.29, 1.82) is 0 Å². The summed E-state index contributed by atoms with van der Waals surface area (Å²) in [5.41, 5.74) is 2.69. The number of fused-ring (bicyclic) bond motifs is 1. The summed E-state index contributed by atoms with van der Waals surface area (Å²) < 4.78 is 10.9. The van der Waals surface area contributed by atoms with Gasteiger partial charge in [-0.15, -0.1) is 0 Å². The van der Waals surface area contributed by atoms with Gasteiger partial charge in [0, 0.05) is 45.3 Å². The molecule has 0 radical (unpaired) electrons. The van der Waals surface area contributed by atoms with Gasteiger partial charge >= 0.3 is 0 Å². The average Bonchev–Trinajstić information content (AvgIpc) is 2.79. The molecular weight excluding hydrogens is 390 g/mol. The highest BCUT2D eigenvalue weighted by Gasteiger charge is 2.21. The van der Waals surface area contributed by atoms with Gasteiger partial charge in [-0.1, -0.05) is 6.92 Å². The van der Waals surface area contributed by atoms with Crippen LogP contribution in [0.15, 0.2) is 17.1 Å². The van der Waals surface area contributed by atoms with Gasteiger partial charge in [0.2, 0.25) is 0 Å². The molecule has 2 aliphatic rings. The van der Waals surface area contributed by atoms with Gasteiger partial charge in [-0.3, -0.25) is 9.89 Å². The number of piperidine rings is 1. The van der Waals surface area contributed by atoms with Gasteiger partial charge in [-0.25, -0.2) is 0 Å². The highest BCUT2D eigenvalue weighted by molar-refractivity contribution is 5.80. The van der Waals surface area contributed by atoms with Crippen LogP contribution in [0, 0.1) is 0 Å². The van der Waals surface area contributed by atoms with Crippen LogP contribution >= 0.6 is 0 Å². The van der Waals surface area contributed by atoms with Gasteiger partial charge in [-0.2, -0.15) is 0 Å². The Morgan fingerprint density at radius 2 is 1.71 bits per heavy atom. The van der Waals surface area contributed by atoms with Crippen LogP contribution in [0.2, 0.25) is 0 Å². The zero-order valence-corrected chi connectivity index (χ0v) is 19.9. The van der Waals surface area contributed by atoms with Gasteiger partial charge in [0.25, 0.3) is 0 Å². The summed E-state index contributed by atoms with van der Waals surface area (Å²) in [5.74, 6) is 2.59. The molecule has 7 heteroatoms. The van der Waals surface area contributed by atoms with Crippen molar-refractivity contribution < 1.29 is 9.47 Å². The molecule has 0 unspecified atom stereocenters. The third-order valence-electron chi connectivity index (χ3n) is 6.30. The summed E-state index contributed by atoms with van der Waals surface area (Å²) in [6.07, 6.45) is 4.66. The molecule has 0 aromatic heterocycles. The zero-order chi connectivity index (χ0) is 22.1. The smallest absolute Gasteiger partial charge is 0.191 e. The van der Waals surface area contributed by atoms with E-state index in [1.165, 1.54) is 50.0 Å². The quantitative estimate of drug-likeness (QED) is 0.463. The van der Waals surface area contributed by atoms with Crippen molar-refractivity contribution in [3.05, 3.63) is 23.3 Å². The highest BCUT2D eigenvalue weighted by Crippen LogP contribution is 2.33. The number of hydrogen-bond donors (Lipinski definition) is 2. The van der Waals surface area contributed by atoms with E-state index in [-0.39, 0.29) is 0 Å². The summed E-state index contributed by atoms with van der Waals surface area (Å²) in [4.78, 5) is 9.92. The van der Waals surface area contributed by atoms with E-state index in [1.807, 2.05) is 0 Å². The fourth-order valence-corrected chi connectivity index (χ4v) is 4.57. The monoisotopic (exact) mass is 431 g/mol. The number of rotatable bonds is 9. The molecule has 0 aliphatic carbocycles. The van der Waals surface area contributed by atoms with Crippen molar-refractivity contribution in [1.82, 2.24) is 20.4 Å². The minimum Gasteiger partial charge on any atom is -0.493 e. The van der Waals surface area contributed by atoms with Gasteiger partial charge < -0.3 is 25.0 Å². The third kappa shape index (κ3) is 6.74. The number of nitrogens with one attached hydrogen (secondary N) is 2. The average molecular weight is 432 g/mol. The van der Waals surface area contributed by atoms with Crippen molar-refractivity contribution in [3.8, 4) is 11.5 Å². The molecule has 2 N–H and O–H groups in total. The number of benzene rings is 1. The Kier molecular flexibility index (Phi) is 9.28. The number of likely N-dealkylation sites (tertiary alicyclic amines) is 1. The molecule has 2 aliphatic heterocycles. The second-order valence-electron chi connectivity index (χ2n) is 8.52. The molecule has 3 rings (SSSR count). The normalized spacial score (nSPS) is 18.5. The largest absolute Gasteiger partial charge is 0.493 e. The van der Waals surface area contributed by atoms with E-state index in [4.69, 9.17) is 14.5 Å². The van der Waals surface area contributed by atoms with Crippen LogP contribution in [0.4, 0.5) is 0 Å². The van der Waals surface area contributed by atoms with E-state index in [2.05, 4.69) is 46.4 Å². The number of nitrogens with zero attached hydrogens (tertiary/aromatic N) is 3. The minimum atomic E-state index is 0.523. The standard InChI is InChI=1S/C24H41N5O2/c1-5-11-28-13-8-21(9-14-28)27-24(25-6-2)26-10-15-29-12-7-19-16-22(30-3)23(31-4)17-20(19)18-29/h16-17,21H,5-15,18H2,1-4H3,(H2,25,26,27). The molecule has 1 saturated heterocycles. The van der Waals surface area contributed by atoms with E-state index in [1.54, 1.807) is 14.2 Å². The Bertz CT molecular complexity index is 716. The maximum absolute atomic E-state index is 5.48. The highest BCUT2D eigenvalue weighted by atomic mass is 16.5. The number of guanidine groups is 1. The first-order chi connectivity index (χ1) is 15.2. The predicted octanol–water partition coefficient (Wildman–Crippen LogP) is 2.49. The minimum absolute atomic E-state index is 0.523. The lowest BCUT2D eigenvalue weighted by Crippen LogP contribution is -2.49. The van der Waals surface area contributed by atoms with Crippen molar-refractivity contribution in [2.75, 3.05) is 60.0 Å². The maximum Gasteiger partial charge on any atom is 0.191 e. The first-order valence-electron chi connectivity index (χ1n) is 11.9. The Labute approximate surface area is 188 Å². The van der Waals surface area contributed by atoms with Gasteiger partial charge in [-0.05, 0) is 62.4 Å². The van der Waals surface area contributed by atoms with E-state index >= 15 is 0 Å². The Morgan fingerprint density at radius 1 is 1.00 bits per heavy atom. The molecule has 1 aromatic carbocycles. The molecule has 174 valence electrons. The van der Waals surface area contributed by atoms with Gasteiger partial charge in [0.15, 0.2) is 17.5 Å². The molecule has 7 nitrogen and oxygen atoms in total. The number of aliphatic imine (C=N–C) groups is 1. The second-order valence-corrected chi connectivity index (χ2v) is 8.52. The SMILES string of the molecule is CCCN1CCC(NC(=NCCN2CCc3cc(OC)c(OC)cc3C2)NCC)CC1. The van der Waals surface area contributed by atoms with Crippen LogP contribution in [0.25, 0.3) is 0 Å². The van der Waals surface area contributed by atoms with Crippen molar-refractivity contribution in [2.24, 2.45) is 4.99 Å². The summed E-state index contributed by atoms with van der Waals surface area (Å²) in [5, 5.41) is 7.09. The van der Waals surface area contributed by atoms with Crippen molar-refractivity contribution >= 4 is 5.96 Å². The predicted molar refractivity (Wildman–Crippen MR) is 127 cm³/mol. The molecule has 0 atom stereocenters. The van der Waals surface area contributed by atoms with Crippen LogP contribution in [0.5, 0.6) is 11.5 Å². The maximum atomic E-state index is 5.48. The topological polar surface area (TPSA) is 61.4 Å². The molecule has 0 spiro atoms. The Hall–Kier alpha value is -1.99. The van der Waals surface area contributed by atoms with Crippen molar-refractivity contribution in [2.45, 2.75) is 52.1 Å². The number of hydrogen-bond acceptors (Lipinski definition) is 5. The first-order valence-corrected chi connectivity index (χ1v) is 11.9. The number of ether oxygens (including phenoxy) is 2. The molecule has 0 bridgehead atoms. The van der Waals surface area contributed by atoms with E-state index in [9.17, 15) is 0 Å². The van der Waals surface area contributed by atoms with Crippen LogP contribution in [-0.2, 0) is 13.0 Å². The van der Waals surface area contributed by atoms with E-state index < -0.39 is 0 Å². The van der Waals surface area contributed by atoms with Crippen LogP contribution in [-0.4, -0.2) is 81.8 Å². The van der Waals surface area contributed by atoms with Crippen LogP contribution in [0.3, 0.4) is 0 Å². The van der Waals surface area contributed by atoms with Crippen molar-refractivity contribution in [3.63, 3.8) is 0 Å². The Morgan fingerprint density at radius 3 is 2.35 bits per heavy atom. The lowest BCUT2D eigenvalue weighted by Gasteiger charge is -2.33. The molecule has 0 saturated carbocycles. The van der Waals surface area contributed by atoms with E-state index in [0.29, 0.717) is 6.04 Å². The van der Waals surface area contributed by atoms with E-state index in [0.717, 1.165) is 56.6 Å². The number of methoxy groups -OCH3 is 2.